The number of hydrogen-bond donors (Lipinski definition) is 0. The topological polar surface area (TPSA) is 66.2 Å². The molecule has 0 atom stereocenters. The summed E-state index contributed by atoms with van der Waals surface area (Å²) in [4.78, 5) is 15.5. The molecule has 0 saturated heterocycles. The highest BCUT2D eigenvalue weighted by molar-refractivity contribution is 9.10. The van der Waals surface area contributed by atoms with Crippen molar-refractivity contribution in [2.75, 3.05) is 0 Å². The lowest BCUT2D eigenvalue weighted by molar-refractivity contribution is -0.256. The fraction of sp³-hybridized carbons (Fsp3) is 0.0667. The molecule has 1 aromatic carbocycles. The fourth-order valence-corrected chi connectivity index (χ4v) is 3.04. The van der Waals surface area contributed by atoms with Gasteiger partial charge in [-0.05, 0) is 30.7 Å². The minimum atomic E-state index is -1.35. The molecule has 3 rings (SSSR count). The number of halogens is 1. The molecule has 2 heterocycles. The quantitative estimate of drug-likeness (QED) is 0.724. The van der Waals surface area contributed by atoms with Crippen LogP contribution in [0.5, 0.6) is 0 Å². The average molecular weight is 331 g/mol. The number of nitrogens with zero attached hydrogens (tertiary/aromatic N) is 1. The first-order valence-electron chi connectivity index (χ1n) is 5.92. The van der Waals surface area contributed by atoms with E-state index in [-0.39, 0.29) is 5.76 Å². The van der Waals surface area contributed by atoms with Crippen molar-refractivity contribution >= 4 is 32.8 Å². The van der Waals surface area contributed by atoms with Gasteiger partial charge >= 0.3 is 0 Å². The lowest BCUT2D eigenvalue weighted by Crippen LogP contribution is -2.22. The van der Waals surface area contributed by atoms with Gasteiger partial charge in [-0.1, -0.05) is 22.0 Å². The van der Waals surface area contributed by atoms with Crippen LogP contribution in [-0.2, 0) is 0 Å². The largest absolute Gasteiger partial charge is 0.542 e. The zero-order chi connectivity index (χ0) is 14.3. The Labute approximate surface area is 123 Å². The highest BCUT2D eigenvalue weighted by atomic mass is 79.9. The van der Waals surface area contributed by atoms with Gasteiger partial charge in [-0.15, -0.1) is 0 Å². The Bertz CT molecular complexity index is 823. The zero-order valence-corrected chi connectivity index (χ0v) is 12.1. The Hall–Kier alpha value is -2.14. The number of fused-ring (bicyclic) bond motifs is 1. The second-order valence-corrected chi connectivity index (χ2v) is 5.26. The van der Waals surface area contributed by atoms with Crippen LogP contribution in [0.15, 0.2) is 45.6 Å². The van der Waals surface area contributed by atoms with Gasteiger partial charge in [-0.25, -0.2) is 0 Å². The van der Waals surface area contributed by atoms with E-state index < -0.39 is 5.97 Å². The normalized spacial score (nSPS) is 10.9. The third kappa shape index (κ3) is 1.91. The van der Waals surface area contributed by atoms with Gasteiger partial charge in [-0.3, -0.25) is 4.98 Å². The standard InChI is InChI=1S/C15H10BrNO3/c1-8-7-11(16)12(13-9(8)3-2-5-17-13)10-4-6-20-14(10)15(18)19/h2-7H,1H3,(H,18,19)/p-1. The number of pyridine rings is 1. The summed E-state index contributed by atoms with van der Waals surface area (Å²) < 4.78 is 5.77. The third-order valence-corrected chi connectivity index (χ3v) is 3.80. The van der Waals surface area contributed by atoms with E-state index in [1.165, 1.54) is 6.26 Å². The van der Waals surface area contributed by atoms with E-state index >= 15 is 0 Å². The van der Waals surface area contributed by atoms with Crippen LogP contribution >= 0.6 is 15.9 Å². The van der Waals surface area contributed by atoms with Crippen molar-refractivity contribution in [1.29, 1.82) is 0 Å². The second kappa shape index (κ2) is 4.76. The van der Waals surface area contributed by atoms with Crippen molar-refractivity contribution in [3.05, 3.63) is 52.5 Å². The molecule has 5 heteroatoms. The van der Waals surface area contributed by atoms with E-state index in [0.29, 0.717) is 11.1 Å². The molecule has 0 aliphatic rings. The molecule has 20 heavy (non-hydrogen) atoms. The smallest absolute Gasteiger partial charge is 0.157 e. The molecule has 4 nitrogen and oxygen atoms in total. The van der Waals surface area contributed by atoms with Crippen LogP contribution in [-0.4, -0.2) is 11.0 Å². The zero-order valence-electron chi connectivity index (χ0n) is 10.5. The van der Waals surface area contributed by atoms with Gasteiger partial charge in [-0.2, -0.15) is 0 Å². The molecule has 100 valence electrons. The molecular formula is C15H9BrNO3-. The molecule has 0 spiro atoms. The van der Waals surface area contributed by atoms with Crippen LogP contribution in [0.4, 0.5) is 0 Å². The van der Waals surface area contributed by atoms with Crippen LogP contribution in [0.3, 0.4) is 0 Å². The first kappa shape index (κ1) is 12.9. The number of benzene rings is 1. The summed E-state index contributed by atoms with van der Waals surface area (Å²) in [6, 6.07) is 7.34. The Balaban J connectivity index is 2.42. The summed E-state index contributed by atoms with van der Waals surface area (Å²) in [6.45, 7) is 1.98. The van der Waals surface area contributed by atoms with Crippen LogP contribution in [0.2, 0.25) is 0 Å². The molecule has 0 saturated carbocycles. The minimum Gasteiger partial charge on any atom is -0.542 e. The summed E-state index contributed by atoms with van der Waals surface area (Å²) in [5, 5.41) is 12.1. The first-order valence-corrected chi connectivity index (χ1v) is 6.72. The molecule has 0 aliphatic carbocycles. The fourth-order valence-electron chi connectivity index (χ4n) is 2.30. The number of carboxylic acid groups (broad SMARTS) is 1. The third-order valence-electron chi connectivity index (χ3n) is 3.17. The maximum atomic E-state index is 11.1. The molecular weight excluding hydrogens is 322 g/mol. The SMILES string of the molecule is Cc1cc(Br)c(-c2ccoc2C(=O)[O-])c2ncccc12. The van der Waals surface area contributed by atoms with Gasteiger partial charge in [0, 0.05) is 27.2 Å². The van der Waals surface area contributed by atoms with Crippen LogP contribution in [0.1, 0.15) is 16.1 Å². The van der Waals surface area contributed by atoms with Crippen LogP contribution in [0.25, 0.3) is 22.0 Å². The molecule has 3 aromatic rings. The van der Waals surface area contributed by atoms with E-state index in [1.807, 2.05) is 25.1 Å². The predicted octanol–water partition coefficient (Wildman–Crippen LogP) is 2.93. The summed E-state index contributed by atoms with van der Waals surface area (Å²) in [7, 11) is 0. The number of rotatable bonds is 2. The number of carboxylic acids is 1. The van der Waals surface area contributed by atoms with Gasteiger partial charge in [0.2, 0.25) is 0 Å². The summed E-state index contributed by atoms with van der Waals surface area (Å²) >= 11 is 3.48. The molecule has 0 aliphatic heterocycles. The predicted molar refractivity (Wildman–Crippen MR) is 76.2 cm³/mol. The minimum absolute atomic E-state index is 0.193. The Morgan fingerprint density at radius 1 is 1.40 bits per heavy atom. The molecule has 0 N–H and O–H groups in total. The van der Waals surface area contributed by atoms with Gasteiger partial charge in [0.1, 0.15) is 5.97 Å². The Kier molecular flexibility index (Phi) is 3.06. The Morgan fingerprint density at radius 3 is 2.95 bits per heavy atom. The van der Waals surface area contributed by atoms with E-state index in [9.17, 15) is 9.90 Å². The number of carbonyl (C=O) groups is 1. The number of hydrogen-bond acceptors (Lipinski definition) is 4. The van der Waals surface area contributed by atoms with Gasteiger partial charge in [0.15, 0.2) is 5.76 Å². The number of aryl methyl sites for hydroxylation is 1. The average Bonchev–Trinajstić information content (AvgIpc) is 2.88. The molecule has 2 aromatic heterocycles. The lowest BCUT2D eigenvalue weighted by Gasteiger charge is -2.11. The van der Waals surface area contributed by atoms with Gasteiger partial charge < -0.3 is 14.3 Å². The lowest BCUT2D eigenvalue weighted by atomic mass is 9.99. The molecule has 0 amide bonds. The molecule has 0 fully saturated rings. The highest BCUT2D eigenvalue weighted by Gasteiger charge is 2.17. The first-order chi connectivity index (χ1) is 9.59. The van der Waals surface area contributed by atoms with Crippen LogP contribution in [0, 0.1) is 6.92 Å². The van der Waals surface area contributed by atoms with Crippen LogP contribution < -0.4 is 5.11 Å². The van der Waals surface area contributed by atoms with E-state index in [4.69, 9.17) is 4.42 Å². The van der Waals surface area contributed by atoms with Crippen molar-refractivity contribution in [3.8, 4) is 11.1 Å². The summed E-state index contributed by atoms with van der Waals surface area (Å²) in [5.74, 6) is -1.54. The van der Waals surface area contributed by atoms with E-state index in [2.05, 4.69) is 20.9 Å². The molecule has 0 radical (unpaired) electrons. The van der Waals surface area contributed by atoms with Crippen molar-refractivity contribution in [2.45, 2.75) is 6.92 Å². The highest BCUT2D eigenvalue weighted by Crippen LogP contribution is 2.38. The van der Waals surface area contributed by atoms with Crippen molar-refractivity contribution < 1.29 is 14.3 Å². The number of aromatic nitrogens is 1. The second-order valence-electron chi connectivity index (χ2n) is 4.40. The van der Waals surface area contributed by atoms with E-state index in [0.717, 1.165) is 20.9 Å². The number of carbonyl (C=O) groups excluding carboxylic acids is 1. The summed E-state index contributed by atoms with van der Waals surface area (Å²) in [5.41, 5.74) is 2.94. The monoisotopic (exact) mass is 330 g/mol. The van der Waals surface area contributed by atoms with Crippen molar-refractivity contribution in [3.63, 3.8) is 0 Å². The van der Waals surface area contributed by atoms with Gasteiger partial charge in [0.05, 0.1) is 11.8 Å². The number of furan rings is 1. The maximum Gasteiger partial charge on any atom is 0.157 e. The molecule has 0 unspecified atom stereocenters. The van der Waals surface area contributed by atoms with E-state index in [1.54, 1.807) is 12.3 Å². The number of aromatic carboxylic acids is 1. The van der Waals surface area contributed by atoms with Crippen molar-refractivity contribution in [1.82, 2.24) is 4.98 Å². The Morgan fingerprint density at radius 2 is 2.20 bits per heavy atom. The molecule has 0 bridgehead atoms. The summed E-state index contributed by atoms with van der Waals surface area (Å²) in [6.07, 6.45) is 3.01. The maximum absolute atomic E-state index is 11.1. The van der Waals surface area contributed by atoms with Crippen molar-refractivity contribution in [2.24, 2.45) is 0 Å². The van der Waals surface area contributed by atoms with Gasteiger partial charge in [0.25, 0.3) is 0 Å².